The standard InChI is InChI=1S/C19H19NO4/c21-17(22)13-24-16-9-4-6-14(12-16)18(23)20-19(10-5-11-19)15-7-2-1-3-8-15/h1-4,6-9,12H,5,10-11,13H2,(H,20,23)(H,21,22). The second-order valence-electron chi connectivity index (χ2n) is 5.97. The molecular formula is C19H19NO4. The lowest BCUT2D eigenvalue weighted by molar-refractivity contribution is -0.139. The van der Waals surface area contributed by atoms with Gasteiger partial charge < -0.3 is 15.2 Å². The van der Waals surface area contributed by atoms with Crippen molar-refractivity contribution in [3.05, 3.63) is 65.7 Å². The van der Waals surface area contributed by atoms with Crippen molar-refractivity contribution in [3.63, 3.8) is 0 Å². The van der Waals surface area contributed by atoms with E-state index in [-0.39, 0.29) is 11.4 Å². The second-order valence-corrected chi connectivity index (χ2v) is 5.97. The molecule has 2 aromatic rings. The van der Waals surface area contributed by atoms with Crippen LogP contribution in [0.25, 0.3) is 0 Å². The summed E-state index contributed by atoms with van der Waals surface area (Å²) in [5.74, 6) is -0.867. The Morgan fingerprint density at radius 2 is 1.83 bits per heavy atom. The van der Waals surface area contributed by atoms with Crippen LogP contribution in [0.15, 0.2) is 54.6 Å². The van der Waals surface area contributed by atoms with Crippen LogP contribution in [0, 0.1) is 0 Å². The summed E-state index contributed by atoms with van der Waals surface area (Å²) in [4.78, 5) is 23.2. The summed E-state index contributed by atoms with van der Waals surface area (Å²) in [7, 11) is 0. The van der Waals surface area contributed by atoms with E-state index in [1.807, 2.05) is 30.3 Å². The van der Waals surface area contributed by atoms with E-state index in [4.69, 9.17) is 9.84 Å². The van der Waals surface area contributed by atoms with Crippen LogP contribution < -0.4 is 10.1 Å². The number of nitrogens with one attached hydrogen (secondary N) is 1. The molecule has 0 unspecified atom stereocenters. The number of rotatable bonds is 6. The van der Waals surface area contributed by atoms with E-state index < -0.39 is 12.6 Å². The maximum Gasteiger partial charge on any atom is 0.341 e. The average molecular weight is 325 g/mol. The molecule has 1 amide bonds. The van der Waals surface area contributed by atoms with E-state index in [1.165, 1.54) is 0 Å². The monoisotopic (exact) mass is 325 g/mol. The van der Waals surface area contributed by atoms with Crippen molar-refractivity contribution < 1.29 is 19.4 Å². The number of benzene rings is 2. The first-order chi connectivity index (χ1) is 11.6. The Morgan fingerprint density at radius 1 is 1.08 bits per heavy atom. The van der Waals surface area contributed by atoms with Crippen LogP contribution >= 0.6 is 0 Å². The zero-order chi connectivity index (χ0) is 17.0. The van der Waals surface area contributed by atoms with Crippen molar-refractivity contribution in [2.75, 3.05) is 6.61 Å². The minimum Gasteiger partial charge on any atom is -0.482 e. The highest BCUT2D eigenvalue weighted by Crippen LogP contribution is 2.41. The Morgan fingerprint density at radius 3 is 2.46 bits per heavy atom. The first kappa shape index (κ1) is 16.1. The van der Waals surface area contributed by atoms with Crippen LogP contribution in [0.2, 0.25) is 0 Å². The average Bonchev–Trinajstić information content (AvgIpc) is 2.57. The van der Waals surface area contributed by atoms with Gasteiger partial charge in [-0.3, -0.25) is 4.79 Å². The summed E-state index contributed by atoms with van der Waals surface area (Å²) in [5.41, 5.74) is 1.26. The fourth-order valence-corrected chi connectivity index (χ4v) is 2.94. The quantitative estimate of drug-likeness (QED) is 0.856. The molecule has 1 aliphatic rings. The topological polar surface area (TPSA) is 75.6 Å². The number of carboxylic acids is 1. The number of carboxylic acid groups (broad SMARTS) is 1. The summed E-state index contributed by atoms with van der Waals surface area (Å²) < 4.78 is 5.13. The third-order valence-corrected chi connectivity index (χ3v) is 4.34. The molecule has 0 radical (unpaired) electrons. The van der Waals surface area contributed by atoms with E-state index in [2.05, 4.69) is 5.32 Å². The number of ether oxygens (including phenoxy) is 1. The van der Waals surface area contributed by atoms with Gasteiger partial charge >= 0.3 is 5.97 Å². The number of carbonyl (C=O) groups excluding carboxylic acids is 1. The SMILES string of the molecule is O=C(O)COc1cccc(C(=O)NC2(c3ccccc3)CCC2)c1. The van der Waals surface area contributed by atoms with Gasteiger partial charge in [0.05, 0.1) is 5.54 Å². The Bertz CT molecular complexity index is 738. The molecule has 0 heterocycles. The first-order valence-corrected chi connectivity index (χ1v) is 7.92. The van der Waals surface area contributed by atoms with Crippen molar-refractivity contribution in [3.8, 4) is 5.75 Å². The lowest BCUT2D eigenvalue weighted by Crippen LogP contribution is -2.50. The normalized spacial score (nSPS) is 15.2. The van der Waals surface area contributed by atoms with Crippen LogP contribution in [0.1, 0.15) is 35.2 Å². The van der Waals surface area contributed by atoms with Gasteiger partial charge in [0.25, 0.3) is 5.91 Å². The number of hydrogen-bond acceptors (Lipinski definition) is 3. The minimum absolute atomic E-state index is 0.181. The van der Waals surface area contributed by atoms with E-state index in [0.29, 0.717) is 11.3 Å². The highest BCUT2D eigenvalue weighted by atomic mass is 16.5. The molecule has 0 aliphatic heterocycles. The summed E-state index contributed by atoms with van der Waals surface area (Å²) in [6.45, 7) is -0.432. The van der Waals surface area contributed by atoms with Crippen molar-refractivity contribution in [1.29, 1.82) is 0 Å². The van der Waals surface area contributed by atoms with Crippen LogP contribution in [-0.2, 0) is 10.3 Å². The molecule has 3 rings (SSSR count). The zero-order valence-electron chi connectivity index (χ0n) is 13.2. The molecule has 24 heavy (non-hydrogen) atoms. The fourth-order valence-electron chi connectivity index (χ4n) is 2.94. The van der Waals surface area contributed by atoms with Gasteiger partial charge in [-0.1, -0.05) is 36.4 Å². The molecule has 124 valence electrons. The Kier molecular flexibility index (Phi) is 4.51. The molecule has 5 nitrogen and oxygen atoms in total. The minimum atomic E-state index is -1.05. The maximum absolute atomic E-state index is 12.6. The smallest absolute Gasteiger partial charge is 0.341 e. The molecule has 0 aromatic heterocycles. The largest absolute Gasteiger partial charge is 0.482 e. The van der Waals surface area contributed by atoms with Gasteiger partial charge in [-0.15, -0.1) is 0 Å². The molecule has 0 atom stereocenters. The third kappa shape index (κ3) is 3.40. The summed E-state index contributed by atoms with van der Waals surface area (Å²) >= 11 is 0. The van der Waals surface area contributed by atoms with Gasteiger partial charge in [0.15, 0.2) is 6.61 Å². The van der Waals surface area contributed by atoms with Gasteiger partial charge in [-0.05, 0) is 43.0 Å². The molecular weight excluding hydrogens is 306 g/mol. The van der Waals surface area contributed by atoms with Gasteiger partial charge in [0, 0.05) is 5.56 Å². The predicted octanol–water partition coefficient (Wildman–Crippen LogP) is 2.96. The summed E-state index contributed by atoms with van der Waals surface area (Å²) in [5, 5.41) is 11.8. The molecule has 1 fully saturated rings. The molecule has 1 saturated carbocycles. The van der Waals surface area contributed by atoms with E-state index in [0.717, 1.165) is 24.8 Å². The Labute approximate surface area is 140 Å². The van der Waals surface area contributed by atoms with Gasteiger partial charge in [-0.25, -0.2) is 4.79 Å². The third-order valence-electron chi connectivity index (χ3n) is 4.34. The Hall–Kier alpha value is -2.82. The molecule has 0 saturated heterocycles. The lowest BCUT2D eigenvalue weighted by Gasteiger charge is -2.43. The molecule has 0 bridgehead atoms. The van der Waals surface area contributed by atoms with Gasteiger partial charge in [0.1, 0.15) is 5.75 Å². The Balaban J connectivity index is 1.75. The highest BCUT2D eigenvalue weighted by molar-refractivity contribution is 5.95. The number of amides is 1. The van der Waals surface area contributed by atoms with Crippen molar-refractivity contribution in [2.45, 2.75) is 24.8 Å². The van der Waals surface area contributed by atoms with E-state index in [1.54, 1.807) is 24.3 Å². The van der Waals surface area contributed by atoms with Crippen LogP contribution in [0.4, 0.5) is 0 Å². The molecule has 2 aromatic carbocycles. The number of hydrogen-bond donors (Lipinski definition) is 2. The van der Waals surface area contributed by atoms with Crippen LogP contribution in [0.5, 0.6) is 5.75 Å². The van der Waals surface area contributed by atoms with Crippen molar-refractivity contribution >= 4 is 11.9 Å². The number of aliphatic carboxylic acids is 1. The van der Waals surface area contributed by atoms with Crippen molar-refractivity contribution in [2.24, 2.45) is 0 Å². The zero-order valence-corrected chi connectivity index (χ0v) is 13.2. The van der Waals surface area contributed by atoms with Gasteiger partial charge in [-0.2, -0.15) is 0 Å². The summed E-state index contributed by atoms with van der Waals surface area (Å²) in [6, 6.07) is 16.6. The van der Waals surface area contributed by atoms with Crippen molar-refractivity contribution in [1.82, 2.24) is 5.32 Å². The predicted molar refractivity (Wildman–Crippen MR) is 89.0 cm³/mol. The van der Waals surface area contributed by atoms with Gasteiger partial charge in [0.2, 0.25) is 0 Å². The molecule has 0 spiro atoms. The fraction of sp³-hybridized carbons (Fsp3) is 0.263. The summed E-state index contributed by atoms with van der Waals surface area (Å²) in [6.07, 6.45) is 2.91. The second kappa shape index (κ2) is 6.74. The maximum atomic E-state index is 12.6. The van der Waals surface area contributed by atoms with E-state index in [9.17, 15) is 9.59 Å². The first-order valence-electron chi connectivity index (χ1n) is 7.92. The lowest BCUT2D eigenvalue weighted by atomic mass is 9.71. The number of carbonyl (C=O) groups is 2. The highest BCUT2D eigenvalue weighted by Gasteiger charge is 2.40. The van der Waals surface area contributed by atoms with Crippen LogP contribution in [-0.4, -0.2) is 23.6 Å². The molecule has 2 N–H and O–H groups in total. The molecule has 5 heteroatoms. The molecule has 1 aliphatic carbocycles. The van der Waals surface area contributed by atoms with E-state index >= 15 is 0 Å². The van der Waals surface area contributed by atoms with Crippen LogP contribution in [0.3, 0.4) is 0 Å².